The van der Waals surface area contributed by atoms with Gasteiger partial charge in [-0.1, -0.05) is 0 Å². The Hall–Kier alpha value is -0.870. The fourth-order valence-electron chi connectivity index (χ4n) is 1.32. The smallest absolute Gasteiger partial charge is 0.208 e. The normalized spacial score (nSPS) is 11.7. The second kappa shape index (κ2) is 6.01. The molecule has 0 saturated carbocycles. The minimum atomic E-state index is 0.591. The van der Waals surface area contributed by atoms with Gasteiger partial charge in [0.25, 0.3) is 0 Å². The van der Waals surface area contributed by atoms with E-state index in [1.807, 2.05) is 13.8 Å². The van der Waals surface area contributed by atoms with Gasteiger partial charge in [-0.15, -0.1) is 0 Å². The van der Waals surface area contributed by atoms with E-state index in [9.17, 15) is 0 Å². The van der Waals surface area contributed by atoms with Crippen molar-refractivity contribution in [1.29, 1.82) is 0 Å². The zero-order valence-electron chi connectivity index (χ0n) is 11.0. The van der Waals surface area contributed by atoms with E-state index in [4.69, 9.17) is 4.42 Å². The molecule has 1 heterocycles. The average molecular weight is 225 g/mol. The summed E-state index contributed by atoms with van der Waals surface area (Å²) in [5.41, 5.74) is 0.982. The fraction of sp³-hybridized carbons (Fsp3) is 0.750. The van der Waals surface area contributed by atoms with Crippen LogP contribution >= 0.6 is 0 Å². The number of nitrogens with one attached hydrogen (secondary N) is 1. The first-order chi connectivity index (χ1) is 7.50. The van der Waals surface area contributed by atoms with Gasteiger partial charge in [-0.2, -0.15) is 0 Å². The largest absolute Gasteiger partial charge is 0.444 e. The Labute approximate surface area is 98.0 Å². The van der Waals surface area contributed by atoms with Crippen molar-refractivity contribution in [2.75, 3.05) is 20.1 Å². The van der Waals surface area contributed by atoms with E-state index in [-0.39, 0.29) is 0 Å². The first-order valence-electron chi connectivity index (χ1n) is 5.84. The summed E-state index contributed by atoms with van der Waals surface area (Å²) >= 11 is 0. The van der Waals surface area contributed by atoms with Gasteiger partial charge in [0.1, 0.15) is 5.76 Å². The van der Waals surface area contributed by atoms with Gasteiger partial charge in [-0.05, 0) is 34.7 Å². The molecule has 1 aromatic heterocycles. The molecule has 16 heavy (non-hydrogen) atoms. The molecule has 0 unspecified atom stereocenters. The van der Waals surface area contributed by atoms with E-state index in [0.717, 1.165) is 30.4 Å². The van der Waals surface area contributed by atoms with Crippen molar-refractivity contribution in [3.63, 3.8) is 0 Å². The van der Waals surface area contributed by atoms with Crippen LogP contribution in [0.15, 0.2) is 4.42 Å². The maximum atomic E-state index is 5.48. The van der Waals surface area contributed by atoms with Gasteiger partial charge in [0.2, 0.25) is 5.89 Å². The fourth-order valence-corrected chi connectivity index (χ4v) is 1.32. The molecule has 0 atom stereocenters. The highest BCUT2D eigenvalue weighted by molar-refractivity contribution is 5.05. The summed E-state index contributed by atoms with van der Waals surface area (Å²) in [5, 5.41) is 3.33. The molecule has 1 aromatic rings. The second-order valence-corrected chi connectivity index (χ2v) is 4.50. The van der Waals surface area contributed by atoms with Crippen LogP contribution in [0.3, 0.4) is 0 Å². The van der Waals surface area contributed by atoms with Gasteiger partial charge in [-0.25, -0.2) is 4.98 Å². The minimum Gasteiger partial charge on any atom is -0.444 e. The molecule has 0 aliphatic rings. The summed E-state index contributed by atoms with van der Waals surface area (Å²) in [6.07, 6.45) is 0. The molecular weight excluding hydrogens is 202 g/mol. The summed E-state index contributed by atoms with van der Waals surface area (Å²) in [6.45, 7) is 11.0. The summed E-state index contributed by atoms with van der Waals surface area (Å²) in [7, 11) is 2.13. The molecule has 1 N–H and O–H groups in total. The number of hydrogen-bond donors (Lipinski definition) is 1. The van der Waals surface area contributed by atoms with Crippen LogP contribution in [0, 0.1) is 13.8 Å². The zero-order chi connectivity index (χ0) is 12.1. The van der Waals surface area contributed by atoms with E-state index >= 15 is 0 Å². The third-order valence-corrected chi connectivity index (χ3v) is 2.87. The standard InChI is InChI=1S/C12H23N3O/c1-9(2)15(5)7-6-13-8-12-14-10(3)11(4)16-12/h9,13H,6-8H2,1-5H3. The van der Waals surface area contributed by atoms with E-state index in [2.05, 4.69) is 36.1 Å². The molecular formula is C12H23N3O. The van der Waals surface area contributed by atoms with Crippen molar-refractivity contribution in [2.45, 2.75) is 40.3 Å². The molecule has 0 aliphatic heterocycles. The summed E-state index contributed by atoms with van der Waals surface area (Å²) in [4.78, 5) is 6.62. The number of likely N-dealkylation sites (N-methyl/N-ethyl adjacent to an activating group) is 1. The van der Waals surface area contributed by atoms with Crippen molar-refractivity contribution in [3.05, 3.63) is 17.3 Å². The van der Waals surface area contributed by atoms with Crippen molar-refractivity contribution in [3.8, 4) is 0 Å². The van der Waals surface area contributed by atoms with Gasteiger partial charge in [-0.3, -0.25) is 0 Å². The number of hydrogen-bond acceptors (Lipinski definition) is 4. The molecule has 0 saturated heterocycles. The molecule has 0 amide bonds. The SMILES string of the molecule is Cc1nc(CNCCN(C)C(C)C)oc1C. The maximum absolute atomic E-state index is 5.48. The maximum Gasteiger partial charge on any atom is 0.208 e. The van der Waals surface area contributed by atoms with Crippen molar-refractivity contribution in [1.82, 2.24) is 15.2 Å². The van der Waals surface area contributed by atoms with Crippen LogP contribution in [0.4, 0.5) is 0 Å². The molecule has 0 fully saturated rings. The van der Waals surface area contributed by atoms with Crippen molar-refractivity contribution in [2.24, 2.45) is 0 Å². The minimum absolute atomic E-state index is 0.591. The quantitative estimate of drug-likeness (QED) is 0.749. The van der Waals surface area contributed by atoms with Crippen LogP contribution in [0.25, 0.3) is 0 Å². The lowest BCUT2D eigenvalue weighted by Gasteiger charge is -2.20. The number of aryl methyl sites for hydroxylation is 2. The second-order valence-electron chi connectivity index (χ2n) is 4.50. The van der Waals surface area contributed by atoms with Crippen LogP contribution in [0.2, 0.25) is 0 Å². The third kappa shape index (κ3) is 3.94. The molecule has 0 spiro atoms. The molecule has 1 rings (SSSR count). The number of rotatable bonds is 6. The predicted molar refractivity (Wildman–Crippen MR) is 65.4 cm³/mol. The van der Waals surface area contributed by atoms with Crippen molar-refractivity contribution >= 4 is 0 Å². The van der Waals surface area contributed by atoms with Gasteiger partial charge in [0.05, 0.1) is 12.2 Å². The number of aromatic nitrogens is 1. The molecule has 0 radical (unpaired) electrons. The number of oxazole rings is 1. The Kier molecular flexibility index (Phi) is 4.96. The zero-order valence-corrected chi connectivity index (χ0v) is 11.0. The lowest BCUT2D eigenvalue weighted by atomic mass is 10.3. The molecule has 4 heteroatoms. The highest BCUT2D eigenvalue weighted by Crippen LogP contribution is 2.07. The summed E-state index contributed by atoms with van der Waals surface area (Å²) in [5.74, 6) is 1.69. The number of nitrogens with zero attached hydrogens (tertiary/aromatic N) is 2. The van der Waals surface area contributed by atoms with Gasteiger partial charge in [0, 0.05) is 19.1 Å². The lowest BCUT2D eigenvalue weighted by molar-refractivity contribution is 0.271. The third-order valence-electron chi connectivity index (χ3n) is 2.87. The lowest BCUT2D eigenvalue weighted by Crippen LogP contribution is -2.33. The van der Waals surface area contributed by atoms with Crippen LogP contribution in [-0.2, 0) is 6.54 Å². The van der Waals surface area contributed by atoms with E-state index in [1.54, 1.807) is 0 Å². The van der Waals surface area contributed by atoms with Gasteiger partial charge < -0.3 is 14.6 Å². The van der Waals surface area contributed by atoms with Crippen LogP contribution in [0.5, 0.6) is 0 Å². The van der Waals surface area contributed by atoms with Crippen molar-refractivity contribution < 1.29 is 4.42 Å². The molecule has 0 aliphatic carbocycles. The van der Waals surface area contributed by atoms with Crippen LogP contribution in [0.1, 0.15) is 31.2 Å². The van der Waals surface area contributed by atoms with E-state index in [0.29, 0.717) is 12.6 Å². The predicted octanol–water partition coefficient (Wildman–Crippen LogP) is 1.72. The summed E-state index contributed by atoms with van der Waals surface area (Å²) in [6, 6.07) is 0.591. The molecule has 92 valence electrons. The Morgan fingerprint density at radius 2 is 2.06 bits per heavy atom. The Morgan fingerprint density at radius 1 is 1.38 bits per heavy atom. The summed E-state index contributed by atoms with van der Waals surface area (Å²) < 4.78 is 5.48. The average Bonchev–Trinajstić information content (AvgIpc) is 2.53. The monoisotopic (exact) mass is 225 g/mol. The van der Waals surface area contributed by atoms with Gasteiger partial charge >= 0.3 is 0 Å². The molecule has 0 bridgehead atoms. The molecule has 4 nitrogen and oxygen atoms in total. The highest BCUT2D eigenvalue weighted by atomic mass is 16.4. The first kappa shape index (κ1) is 13.2. The van der Waals surface area contributed by atoms with Gasteiger partial charge in [0.15, 0.2) is 0 Å². The molecule has 0 aromatic carbocycles. The topological polar surface area (TPSA) is 41.3 Å². The van der Waals surface area contributed by atoms with Crippen LogP contribution in [-0.4, -0.2) is 36.1 Å². The highest BCUT2D eigenvalue weighted by Gasteiger charge is 2.05. The first-order valence-corrected chi connectivity index (χ1v) is 5.84. The Bertz CT molecular complexity index is 301. The van der Waals surface area contributed by atoms with E-state index < -0.39 is 0 Å². The Morgan fingerprint density at radius 3 is 2.56 bits per heavy atom. The Balaban J connectivity index is 2.21. The van der Waals surface area contributed by atoms with E-state index in [1.165, 1.54) is 0 Å². The van der Waals surface area contributed by atoms with Crippen LogP contribution < -0.4 is 5.32 Å².